The van der Waals surface area contributed by atoms with Crippen molar-refractivity contribution in [1.29, 1.82) is 0 Å². The van der Waals surface area contributed by atoms with E-state index >= 15 is 0 Å². The molecule has 2 aliphatic rings. The van der Waals surface area contributed by atoms with Crippen LogP contribution in [0.15, 0.2) is 4.79 Å². The third kappa shape index (κ3) is 3.06. The van der Waals surface area contributed by atoms with E-state index in [4.69, 9.17) is 0 Å². The number of carbonyl (C=O) groups excluding carboxylic acids is 1. The van der Waals surface area contributed by atoms with Gasteiger partial charge < -0.3 is 4.90 Å². The second-order valence-corrected chi connectivity index (χ2v) is 9.71. The van der Waals surface area contributed by atoms with Gasteiger partial charge in [-0.1, -0.05) is 26.0 Å². The van der Waals surface area contributed by atoms with Crippen LogP contribution in [0.25, 0.3) is 10.2 Å². The quantitative estimate of drug-likeness (QED) is 0.810. The number of rotatable bonds is 2. The Morgan fingerprint density at radius 3 is 2.69 bits per heavy atom. The highest BCUT2D eigenvalue weighted by atomic mass is 32.1. The van der Waals surface area contributed by atoms with Gasteiger partial charge in [-0.2, -0.15) is 0 Å². The maximum Gasteiger partial charge on any atom is 0.279 e. The second kappa shape index (κ2) is 6.44. The normalized spacial score (nSPS) is 20.6. The molecule has 6 nitrogen and oxygen atoms in total. The zero-order chi connectivity index (χ0) is 18.5. The Bertz CT molecular complexity index is 903. The molecular weight excluding hydrogens is 348 g/mol. The van der Waals surface area contributed by atoms with Crippen LogP contribution in [-0.4, -0.2) is 38.9 Å². The number of thiophene rings is 1. The first-order valence-electron chi connectivity index (χ1n) is 9.50. The number of likely N-dealkylation sites (tertiary alicyclic amines) is 1. The van der Waals surface area contributed by atoms with Crippen LogP contribution in [-0.2, 0) is 24.2 Å². The molecule has 1 fully saturated rings. The van der Waals surface area contributed by atoms with Crippen molar-refractivity contribution in [3.63, 3.8) is 0 Å². The van der Waals surface area contributed by atoms with E-state index in [9.17, 15) is 9.59 Å². The number of amides is 1. The molecule has 2 aromatic heterocycles. The first-order chi connectivity index (χ1) is 12.3. The number of aryl methyl sites for hydroxylation is 1. The molecular formula is C19H26N4O2S. The Morgan fingerprint density at radius 1 is 1.27 bits per heavy atom. The predicted octanol–water partition coefficient (Wildman–Crippen LogP) is 2.63. The SMILES string of the molecule is CC(C)(C)C1CCc2c(sc3nnn(CC(=O)N4CCCC4)c(=O)c23)C1. The van der Waals surface area contributed by atoms with Crippen molar-refractivity contribution in [3.05, 3.63) is 20.8 Å². The van der Waals surface area contributed by atoms with Crippen molar-refractivity contribution in [2.75, 3.05) is 13.1 Å². The van der Waals surface area contributed by atoms with Crippen LogP contribution >= 0.6 is 11.3 Å². The molecule has 1 unspecified atom stereocenters. The number of fused-ring (bicyclic) bond motifs is 3. The van der Waals surface area contributed by atoms with Gasteiger partial charge in [-0.3, -0.25) is 9.59 Å². The summed E-state index contributed by atoms with van der Waals surface area (Å²) in [4.78, 5) is 29.2. The van der Waals surface area contributed by atoms with E-state index in [1.165, 1.54) is 9.56 Å². The average Bonchev–Trinajstić information content (AvgIpc) is 3.23. The molecule has 1 aliphatic heterocycles. The van der Waals surface area contributed by atoms with Crippen molar-refractivity contribution in [2.24, 2.45) is 11.3 Å². The average molecular weight is 375 g/mol. The van der Waals surface area contributed by atoms with E-state index < -0.39 is 0 Å². The lowest BCUT2D eigenvalue weighted by Crippen LogP contribution is -2.36. The van der Waals surface area contributed by atoms with E-state index in [2.05, 4.69) is 31.1 Å². The van der Waals surface area contributed by atoms with Gasteiger partial charge in [0.2, 0.25) is 5.91 Å². The van der Waals surface area contributed by atoms with E-state index in [0.29, 0.717) is 11.3 Å². The fourth-order valence-electron chi connectivity index (χ4n) is 4.16. The van der Waals surface area contributed by atoms with Crippen LogP contribution in [0.4, 0.5) is 0 Å². The Morgan fingerprint density at radius 2 is 2.00 bits per heavy atom. The van der Waals surface area contributed by atoms with Gasteiger partial charge in [-0.25, -0.2) is 4.68 Å². The standard InChI is InChI=1S/C19H26N4O2S/c1-19(2,3)12-6-7-13-14(10-12)26-17-16(13)18(25)23(21-20-17)11-15(24)22-8-4-5-9-22/h12H,4-11H2,1-3H3. The monoisotopic (exact) mass is 374 g/mol. The molecule has 0 radical (unpaired) electrons. The molecule has 0 N–H and O–H groups in total. The molecule has 2 aromatic rings. The van der Waals surface area contributed by atoms with E-state index in [1.807, 2.05) is 4.90 Å². The highest BCUT2D eigenvalue weighted by molar-refractivity contribution is 7.18. The maximum atomic E-state index is 13.0. The van der Waals surface area contributed by atoms with Crippen LogP contribution in [0.2, 0.25) is 0 Å². The maximum absolute atomic E-state index is 13.0. The Kier molecular flexibility index (Phi) is 4.37. The van der Waals surface area contributed by atoms with E-state index in [1.54, 1.807) is 11.3 Å². The van der Waals surface area contributed by atoms with Crippen molar-refractivity contribution >= 4 is 27.5 Å². The first-order valence-corrected chi connectivity index (χ1v) is 10.3. The van der Waals surface area contributed by atoms with Crippen molar-refractivity contribution < 1.29 is 4.79 Å². The van der Waals surface area contributed by atoms with Gasteiger partial charge in [0.05, 0.1) is 5.39 Å². The molecule has 1 aliphatic carbocycles. The van der Waals surface area contributed by atoms with Gasteiger partial charge in [-0.15, -0.1) is 16.4 Å². The minimum atomic E-state index is -0.158. The van der Waals surface area contributed by atoms with E-state index in [-0.39, 0.29) is 23.4 Å². The van der Waals surface area contributed by atoms with Gasteiger partial charge in [0.15, 0.2) is 4.83 Å². The first kappa shape index (κ1) is 17.6. The molecule has 7 heteroatoms. The third-order valence-electron chi connectivity index (χ3n) is 5.91. The van der Waals surface area contributed by atoms with Crippen molar-refractivity contribution in [1.82, 2.24) is 19.9 Å². The van der Waals surface area contributed by atoms with Crippen LogP contribution < -0.4 is 5.56 Å². The molecule has 140 valence electrons. The lowest BCUT2D eigenvalue weighted by molar-refractivity contribution is -0.131. The molecule has 0 aromatic carbocycles. The van der Waals surface area contributed by atoms with Crippen LogP contribution in [0.1, 0.15) is 50.5 Å². The number of aromatic nitrogens is 3. The van der Waals surface area contributed by atoms with Gasteiger partial charge in [0.25, 0.3) is 5.56 Å². The largest absolute Gasteiger partial charge is 0.341 e. The van der Waals surface area contributed by atoms with Gasteiger partial charge in [0, 0.05) is 18.0 Å². The fraction of sp³-hybridized carbons (Fsp3) is 0.684. The van der Waals surface area contributed by atoms with Crippen LogP contribution in [0.3, 0.4) is 0 Å². The summed E-state index contributed by atoms with van der Waals surface area (Å²) in [5, 5.41) is 9.02. The summed E-state index contributed by atoms with van der Waals surface area (Å²) in [6.07, 6.45) is 5.09. The Labute approximate surface area is 157 Å². The summed E-state index contributed by atoms with van der Waals surface area (Å²) in [5.74, 6) is 0.588. The molecule has 1 atom stereocenters. The molecule has 1 saturated heterocycles. The molecule has 4 rings (SSSR count). The van der Waals surface area contributed by atoms with Crippen LogP contribution in [0, 0.1) is 11.3 Å². The summed E-state index contributed by atoms with van der Waals surface area (Å²) >= 11 is 1.60. The minimum absolute atomic E-state index is 0.00297. The predicted molar refractivity (Wildman–Crippen MR) is 102 cm³/mol. The smallest absolute Gasteiger partial charge is 0.279 e. The summed E-state index contributed by atoms with van der Waals surface area (Å²) in [5.41, 5.74) is 1.25. The fourth-order valence-corrected chi connectivity index (χ4v) is 5.40. The molecule has 26 heavy (non-hydrogen) atoms. The third-order valence-corrected chi connectivity index (χ3v) is 7.05. The molecule has 0 saturated carbocycles. The molecule has 1 amide bonds. The number of carbonyl (C=O) groups is 1. The second-order valence-electron chi connectivity index (χ2n) is 8.63. The number of nitrogens with zero attached hydrogens (tertiary/aromatic N) is 4. The van der Waals surface area contributed by atoms with Crippen LogP contribution in [0.5, 0.6) is 0 Å². The molecule has 0 spiro atoms. The lowest BCUT2D eigenvalue weighted by Gasteiger charge is -2.33. The number of hydrogen-bond acceptors (Lipinski definition) is 5. The lowest BCUT2D eigenvalue weighted by atomic mass is 9.72. The Balaban J connectivity index is 1.66. The van der Waals surface area contributed by atoms with E-state index in [0.717, 1.165) is 55.6 Å². The number of hydrogen-bond donors (Lipinski definition) is 0. The molecule has 0 bridgehead atoms. The summed E-state index contributed by atoms with van der Waals surface area (Å²) in [6.45, 7) is 8.42. The highest BCUT2D eigenvalue weighted by Gasteiger charge is 2.32. The topological polar surface area (TPSA) is 68.1 Å². The van der Waals surface area contributed by atoms with Crippen molar-refractivity contribution in [2.45, 2.75) is 59.4 Å². The minimum Gasteiger partial charge on any atom is -0.341 e. The summed E-state index contributed by atoms with van der Waals surface area (Å²) in [7, 11) is 0. The van der Waals surface area contributed by atoms with Gasteiger partial charge in [-0.05, 0) is 49.0 Å². The highest BCUT2D eigenvalue weighted by Crippen LogP contribution is 2.41. The Hall–Kier alpha value is -1.76. The summed E-state index contributed by atoms with van der Waals surface area (Å²) in [6, 6.07) is 0. The van der Waals surface area contributed by atoms with Crippen molar-refractivity contribution in [3.8, 4) is 0 Å². The zero-order valence-corrected chi connectivity index (χ0v) is 16.6. The van der Waals surface area contributed by atoms with Gasteiger partial charge in [0.1, 0.15) is 6.54 Å². The zero-order valence-electron chi connectivity index (χ0n) is 15.7. The van der Waals surface area contributed by atoms with Gasteiger partial charge >= 0.3 is 0 Å². The molecule has 3 heterocycles. The summed E-state index contributed by atoms with van der Waals surface area (Å²) < 4.78 is 1.26.